The lowest BCUT2D eigenvalue weighted by molar-refractivity contribution is 0.103. The van der Waals surface area contributed by atoms with Crippen LogP contribution in [0.2, 0.25) is 0 Å². The molecule has 0 aliphatic carbocycles. The molecule has 2 atom stereocenters. The summed E-state index contributed by atoms with van der Waals surface area (Å²) in [5, 5.41) is 4.41. The van der Waals surface area contributed by atoms with Crippen molar-refractivity contribution in [3.05, 3.63) is 36.2 Å². The number of nitrogens with zero attached hydrogens (tertiary/aromatic N) is 3. The van der Waals surface area contributed by atoms with E-state index in [1.807, 2.05) is 0 Å². The van der Waals surface area contributed by atoms with Crippen LogP contribution in [0.25, 0.3) is 0 Å². The third-order valence-electron chi connectivity index (χ3n) is 6.00. The van der Waals surface area contributed by atoms with Crippen LogP contribution in [0.5, 0.6) is 0 Å². The monoisotopic (exact) mass is 382 g/mol. The fourth-order valence-electron chi connectivity index (χ4n) is 4.47. The molecule has 1 aromatic carbocycles. The molecule has 2 aromatic rings. The zero-order valence-electron chi connectivity index (χ0n) is 16.4. The minimum Gasteiger partial charge on any atom is -0.337 e. The third-order valence-corrected chi connectivity index (χ3v) is 7.07. The van der Waals surface area contributed by atoms with Gasteiger partial charge in [0.1, 0.15) is 5.03 Å². The predicted octanol–water partition coefficient (Wildman–Crippen LogP) is 5.72. The van der Waals surface area contributed by atoms with Gasteiger partial charge in [0.05, 0.1) is 5.69 Å². The van der Waals surface area contributed by atoms with E-state index in [1.165, 1.54) is 55.7 Å². The average molecular weight is 383 g/mol. The molecular weight excluding hydrogens is 352 g/mol. The second-order valence-electron chi connectivity index (χ2n) is 7.86. The summed E-state index contributed by atoms with van der Waals surface area (Å²) in [7, 11) is 0. The van der Waals surface area contributed by atoms with Gasteiger partial charge < -0.3 is 5.32 Å². The lowest BCUT2D eigenvalue weighted by atomic mass is 9.80. The number of rotatable bonds is 6. The normalized spacial score (nSPS) is 22.0. The van der Waals surface area contributed by atoms with Gasteiger partial charge in [-0.25, -0.2) is 9.97 Å². The van der Waals surface area contributed by atoms with Crippen LogP contribution >= 0.6 is 11.8 Å². The summed E-state index contributed by atoms with van der Waals surface area (Å²) < 4.78 is 0. The Morgan fingerprint density at radius 2 is 2.07 bits per heavy atom. The van der Waals surface area contributed by atoms with Crippen molar-refractivity contribution in [2.24, 2.45) is 11.8 Å². The Morgan fingerprint density at radius 1 is 1.19 bits per heavy atom. The van der Waals surface area contributed by atoms with E-state index in [-0.39, 0.29) is 0 Å². The van der Waals surface area contributed by atoms with Crippen LogP contribution in [0.3, 0.4) is 0 Å². The Labute approximate surface area is 167 Å². The highest BCUT2D eigenvalue weighted by atomic mass is 32.2. The second-order valence-corrected chi connectivity index (χ2v) is 8.89. The zero-order chi connectivity index (χ0) is 18.6. The van der Waals surface area contributed by atoms with Crippen LogP contribution in [0.4, 0.5) is 11.5 Å². The van der Waals surface area contributed by atoms with Gasteiger partial charge in [-0.05, 0) is 48.9 Å². The molecular formula is C22H30N4S. The van der Waals surface area contributed by atoms with Crippen molar-refractivity contribution in [3.8, 4) is 0 Å². The van der Waals surface area contributed by atoms with Crippen LogP contribution in [0.15, 0.2) is 40.5 Å². The van der Waals surface area contributed by atoms with E-state index in [9.17, 15) is 0 Å². The van der Waals surface area contributed by atoms with Crippen molar-refractivity contribution in [1.29, 1.82) is 0 Å². The number of nitrogens with one attached hydrogen (secondary N) is 1. The number of hydrogen-bond donors (Lipinski definition) is 1. The van der Waals surface area contributed by atoms with E-state index in [1.54, 1.807) is 24.2 Å². The van der Waals surface area contributed by atoms with E-state index >= 15 is 0 Å². The molecule has 2 aliphatic heterocycles. The van der Waals surface area contributed by atoms with Crippen LogP contribution in [-0.2, 0) is 6.54 Å². The predicted molar refractivity (Wildman–Crippen MR) is 113 cm³/mol. The van der Waals surface area contributed by atoms with Crippen molar-refractivity contribution >= 4 is 23.3 Å². The lowest BCUT2D eigenvalue weighted by Gasteiger charge is -2.38. The minimum atomic E-state index is 0.871. The van der Waals surface area contributed by atoms with E-state index in [0.717, 1.165) is 34.9 Å². The lowest BCUT2D eigenvalue weighted by Crippen LogP contribution is -2.39. The van der Waals surface area contributed by atoms with Crippen LogP contribution in [0.1, 0.15) is 51.5 Å². The Hall–Kier alpha value is -1.59. The number of likely N-dealkylation sites (tertiary alicyclic amines) is 1. The first kappa shape index (κ1) is 18.8. The van der Waals surface area contributed by atoms with Gasteiger partial charge in [-0.15, -0.1) is 0 Å². The van der Waals surface area contributed by atoms with Gasteiger partial charge in [0.25, 0.3) is 0 Å². The molecule has 4 nitrogen and oxygen atoms in total. The summed E-state index contributed by atoms with van der Waals surface area (Å²) in [5.74, 6) is 2.66. The molecule has 2 unspecified atom stereocenters. The fraction of sp³-hybridized carbons (Fsp3) is 0.545. The summed E-state index contributed by atoms with van der Waals surface area (Å²) in [6.07, 6.45) is 10.3. The SMILES string of the molecule is CCCCC1CN(Cc2ccc3c(c2)Nc2nccnc2S3)CCC1CC. The van der Waals surface area contributed by atoms with Crippen molar-refractivity contribution in [1.82, 2.24) is 14.9 Å². The number of aromatic nitrogens is 2. The van der Waals surface area contributed by atoms with Gasteiger partial charge in [-0.1, -0.05) is 50.9 Å². The fourth-order valence-corrected chi connectivity index (χ4v) is 5.35. The van der Waals surface area contributed by atoms with E-state index < -0.39 is 0 Å². The number of unbranched alkanes of at least 4 members (excludes halogenated alkanes) is 1. The van der Waals surface area contributed by atoms with E-state index in [0.29, 0.717) is 0 Å². The van der Waals surface area contributed by atoms with Gasteiger partial charge in [0, 0.05) is 30.4 Å². The quantitative estimate of drug-likeness (QED) is 0.590. The number of hydrogen-bond acceptors (Lipinski definition) is 5. The molecule has 0 bridgehead atoms. The molecule has 1 N–H and O–H groups in total. The number of benzene rings is 1. The van der Waals surface area contributed by atoms with Gasteiger partial charge in [-0.3, -0.25) is 4.90 Å². The van der Waals surface area contributed by atoms with Crippen molar-refractivity contribution < 1.29 is 0 Å². The van der Waals surface area contributed by atoms with Crippen LogP contribution in [0, 0.1) is 11.8 Å². The summed E-state index contributed by atoms with van der Waals surface area (Å²) in [4.78, 5) is 12.7. The molecule has 1 aromatic heterocycles. The Balaban J connectivity index is 1.43. The number of fused-ring (bicyclic) bond motifs is 2. The molecule has 4 rings (SSSR count). The number of anilines is 2. The first-order valence-corrected chi connectivity index (χ1v) is 11.2. The molecule has 1 saturated heterocycles. The molecule has 3 heterocycles. The average Bonchev–Trinajstić information content (AvgIpc) is 2.71. The van der Waals surface area contributed by atoms with Gasteiger partial charge >= 0.3 is 0 Å². The van der Waals surface area contributed by atoms with E-state index in [4.69, 9.17) is 0 Å². The maximum atomic E-state index is 4.41. The standard InChI is InChI=1S/C22H30N4S/c1-3-5-6-18-15-26(12-9-17(18)4-2)14-16-7-8-20-19(13-16)25-21-22(27-20)24-11-10-23-21/h7-8,10-11,13,17-18H,3-6,9,12,14-15H2,1-2H3,(H,23,25). The Bertz CT molecular complexity index is 779. The first-order valence-electron chi connectivity index (χ1n) is 10.4. The summed E-state index contributed by atoms with van der Waals surface area (Å²) in [6.45, 7) is 8.21. The Kier molecular flexibility index (Phi) is 5.98. The smallest absolute Gasteiger partial charge is 0.163 e. The summed E-state index contributed by atoms with van der Waals surface area (Å²) >= 11 is 1.70. The summed E-state index contributed by atoms with van der Waals surface area (Å²) in [6, 6.07) is 6.81. The molecule has 5 heteroatoms. The van der Waals surface area contributed by atoms with Gasteiger partial charge in [0.2, 0.25) is 0 Å². The molecule has 1 fully saturated rings. The van der Waals surface area contributed by atoms with Crippen molar-refractivity contribution in [3.63, 3.8) is 0 Å². The maximum absolute atomic E-state index is 4.41. The molecule has 0 saturated carbocycles. The highest BCUT2D eigenvalue weighted by molar-refractivity contribution is 7.99. The van der Waals surface area contributed by atoms with Gasteiger partial charge in [-0.2, -0.15) is 0 Å². The van der Waals surface area contributed by atoms with Crippen LogP contribution < -0.4 is 5.32 Å². The molecule has 0 radical (unpaired) electrons. The van der Waals surface area contributed by atoms with E-state index in [2.05, 4.69) is 52.2 Å². The first-order chi connectivity index (χ1) is 13.3. The van der Waals surface area contributed by atoms with Crippen molar-refractivity contribution in [2.45, 2.75) is 62.4 Å². The third kappa shape index (κ3) is 4.30. The van der Waals surface area contributed by atoms with Gasteiger partial charge in [0.15, 0.2) is 5.82 Å². The maximum Gasteiger partial charge on any atom is 0.163 e. The zero-order valence-corrected chi connectivity index (χ0v) is 17.3. The summed E-state index contributed by atoms with van der Waals surface area (Å²) in [5.41, 5.74) is 2.55. The molecule has 27 heavy (non-hydrogen) atoms. The minimum absolute atomic E-state index is 0.871. The number of piperidine rings is 1. The highest BCUT2D eigenvalue weighted by Gasteiger charge is 2.27. The molecule has 2 aliphatic rings. The topological polar surface area (TPSA) is 41.0 Å². The second kappa shape index (κ2) is 8.61. The molecule has 144 valence electrons. The van der Waals surface area contributed by atoms with Crippen molar-refractivity contribution in [2.75, 3.05) is 18.4 Å². The molecule has 0 spiro atoms. The Morgan fingerprint density at radius 3 is 2.93 bits per heavy atom. The largest absolute Gasteiger partial charge is 0.337 e. The highest BCUT2D eigenvalue weighted by Crippen LogP contribution is 2.42. The molecule has 0 amide bonds. The van der Waals surface area contributed by atoms with Crippen LogP contribution in [-0.4, -0.2) is 28.0 Å².